The second kappa shape index (κ2) is 3.43. The van der Waals surface area contributed by atoms with Crippen molar-refractivity contribution in [3.63, 3.8) is 0 Å². The van der Waals surface area contributed by atoms with Crippen LogP contribution in [0, 0.1) is 11.8 Å². The van der Waals surface area contributed by atoms with Crippen LogP contribution in [0.15, 0.2) is 0 Å². The molecule has 2 fully saturated rings. The van der Waals surface area contributed by atoms with Crippen LogP contribution in [0.25, 0.3) is 0 Å². The van der Waals surface area contributed by atoms with Gasteiger partial charge < -0.3 is 0 Å². The third-order valence-corrected chi connectivity index (χ3v) is 3.91. The fourth-order valence-corrected chi connectivity index (χ4v) is 3.20. The third kappa shape index (κ3) is 1.55. The molecule has 0 N–H and O–H groups in total. The largest absolute Gasteiger partial charge is 0.118 e. The molecule has 2 aliphatic heterocycles. The van der Waals surface area contributed by atoms with Crippen LogP contribution in [0.3, 0.4) is 0 Å². The molecule has 0 aromatic carbocycles. The molecule has 0 aliphatic carbocycles. The van der Waals surface area contributed by atoms with Gasteiger partial charge in [-0.15, -0.1) is 0 Å². The first-order chi connectivity index (χ1) is 5.77. The predicted molar refractivity (Wildman–Crippen MR) is 54.7 cm³/mol. The van der Waals surface area contributed by atoms with Crippen molar-refractivity contribution < 1.29 is 0 Å². The molecule has 1 radical (unpaired) electrons. The lowest BCUT2D eigenvalue weighted by atomic mass is 9.40. The summed E-state index contributed by atoms with van der Waals surface area (Å²) in [5.41, 5.74) is 0. The zero-order valence-electron chi connectivity index (χ0n) is 8.42. The van der Waals surface area contributed by atoms with Gasteiger partial charge >= 0.3 is 0 Å². The summed E-state index contributed by atoms with van der Waals surface area (Å²) < 4.78 is 0. The van der Waals surface area contributed by atoms with E-state index in [1.807, 2.05) is 0 Å². The van der Waals surface area contributed by atoms with Gasteiger partial charge in [0, 0.05) is 0 Å². The van der Waals surface area contributed by atoms with Crippen molar-refractivity contribution in [2.24, 2.45) is 11.8 Å². The molecular weight excluding hydrogens is 143 g/mol. The molecule has 67 valence electrons. The van der Waals surface area contributed by atoms with E-state index in [1.54, 1.807) is 0 Å². The van der Waals surface area contributed by atoms with Crippen molar-refractivity contribution in [2.45, 2.75) is 57.6 Å². The summed E-state index contributed by atoms with van der Waals surface area (Å²) in [6.07, 6.45) is 7.46. The first kappa shape index (κ1) is 8.65. The van der Waals surface area contributed by atoms with E-state index in [2.05, 4.69) is 21.1 Å². The molecular formula is C11H20B. The van der Waals surface area contributed by atoms with Crippen molar-refractivity contribution >= 4 is 7.28 Å². The summed E-state index contributed by atoms with van der Waals surface area (Å²) in [6.45, 7) is 4.79. The maximum Gasteiger partial charge on any atom is 0.118 e. The van der Waals surface area contributed by atoms with Crippen LogP contribution in [-0.2, 0) is 0 Å². The van der Waals surface area contributed by atoms with Crippen LogP contribution >= 0.6 is 0 Å². The van der Waals surface area contributed by atoms with Gasteiger partial charge in [0.25, 0.3) is 0 Å². The molecule has 3 atom stereocenters. The highest BCUT2D eigenvalue weighted by Crippen LogP contribution is 2.47. The Morgan fingerprint density at radius 2 is 1.92 bits per heavy atom. The molecule has 2 aliphatic rings. The molecule has 2 saturated heterocycles. The van der Waals surface area contributed by atoms with Gasteiger partial charge in [-0.05, 0) is 11.8 Å². The predicted octanol–water partition coefficient (Wildman–Crippen LogP) is 3.52. The van der Waals surface area contributed by atoms with Crippen molar-refractivity contribution in [2.75, 3.05) is 0 Å². The quantitative estimate of drug-likeness (QED) is 0.519. The van der Waals surface area contributed by atoms with Gasteiger partial charge in [-0.25, -0.2) is 0 Å². The Bertz CT molecular complexity index is 153. The molecule has 0 spiro atoms. The van der Waals surface area contributed by atoms with Gasteiger partial charge in [0.15, 0.2) is 0 Å². The van der Waals surface area contributed by atoms with E-state index in [0.29, 0.717) is 0 Å². The zero-order chi connectivity index (χ0) is 8.55. The van der Waals surface area contributed by atoms with Gasteiger partial charge in [-0.2, -0.15) is 0 Å². The topological polar surface area (TPSA) is 0 Å². The highest BCUT2D eigenvalue weighted by Gasteiger charge is 2.35. The van der Waals surface area contributed by atoms with Crippen molar-refractivity contribution in [1.82, 2.24) is 0 Å². The van der Waals surface area contributed by atoms with Crippen LogP contribution in [0.1, 0.15) is 46.0 Å². The minimum absolute atomic E-state index is 0.908. The molecule has 0 saturated carbocycles. The lowest BCUT2D eigenvalue weighted by Gasteiger charge is -2.41. The number of hydrogen-bond donors (Lipinski definition) is 0. The molecule has 0 amide bonds. The Hall–Kier alpha value is 0.0649. The lowest BCUT2D eigenvalue weighted by molar-refractivity contribution is 0.272. The zero-order valence-corrected chi connectivity index (χ0v) is 8.42. The van der Waals surface area contributed by atoms with Crippen LogP contribution < -0.4 is 0 Å². The molecule has 2 rings (SSSR count). The molecule has 0 aromatic heterocycles. The molecule has 2 heterocycles. The van der Waals surface area contributed by atoms with Crippen LogP contribution in [0.2, 0.25) is 11.6 Å². The van der Waals surface area contributed by atoms with E-state index in [9.17, 15) is 0 Å². The normalized spacial score (nSPS) is 41.1. The second-order valence-electron chi connectivity index (χ2n) is 5.03. The van der Waals surface area contributed by atoms with Gasteiger partial charge in [-0.3, -0.25) is 0 Å². The van der Waals surface area contributed by atoms with Gasteiger partial charge in [0.1, 0.15) is 7.28 Å². The second-order valence-corrected chi connectivity index (χ2v) is 5.03. The minimum atomic E-state index is 0.908. The fourth-order valence-electron chi connectivity index (χ4n) is 3.20. The van der Waals surface area contributed by atoms with Crippen LogP contribution in [0.4, 0.5) is 0 Å². The molecule has 12 heavy (non-hydrogen) atoms. The van der Waals surface area contributed by atoms with Gasteiger partial charge in [0.2, 0.25) is 0 Å². The summed E-state index contributed by atoms with van der Waals surface area (Å²) >= 11 is 0. The van der Waals surface area contributed by atoms with Gasteiger partial charge in [0.05, 0.1) is 0 Å². The first-order valence-corrected chi connectivity index (χ1v) is 5.62. The fraction of sp³-hybridized carbons (Fsp3) is 1.00. The summed E-state index contributed by atoms with van der Waals surface area (Å²) in [6, 6.07) is 0. The Kier molecular flexibility index (Phi) is 2.48. The number of fused-ring (bicyclic) bond motifs is 2. The first-order valence-electron chi connectivity index (χ1n) is 5.62. The summed E-state index contributed by atoms with van der Waals surface area (Å²) in [5, 5.41) is 0. The van der Waals surface area contributed by atoms with Crippen molar-refractivity contribution in [1.29, 1.82) is 0 Å². The van der Waals surface area contributed by atoms with E-state index in [4.69, 9.17) is 0 Å². The standard InChI is InChI=1S/C11H20B/c1-8(2)10-7-6-9-4-3-5-11(10)12-9/h8-11H,3-7H2,1-2H3. The van der Waals surface area contributed by atoms with Crippen LogP contribution in [0.5, 0.6) is 0 Å². The van der Waals surface area contributed by atoms with Crippen molar-refractivity contribution in [3.05, 3.63) is 0 Å². The highest BCUT2D eigenvalue weighted by molar-refractivity contribution is 6.40. The van der Waals surface area contributed by atoms with Gasteiger partial charge in [-0.1, -0.05) is 57.6 Å². The molecule has 0 nitrogen and oxygen atoms in total. The molecule has 2 bridgehead atoms. The van der Waals surface area contributed by atoms with Crippen LogP contribution in [-0.4, -0.2) is 7.28 Å². The van der Waals surface area contributed by atoms with E-state index in [1.165, 1.54) is 32.1 Å². The van der Waals surface area contributed by atoms with Crippen molar-refractivity contribution in [3.8, 4) is 0 Å². The Morgan fingerprint density at radius 1 is 1.08 bits per heavy atom. The lowest BCUT2D eigenvalue weighted by Crippen LogP contribution is -2.31. The summed E-state index contributed by atoms with van der Waals surface area (Å²) in [4.78, 5) is 0. The smallest absolute Gasteiger partial charge is 0.0686 e. The van der Waals surface area contributed by atoms with E-state index < -0.39 is 0 Å². The maximum absolute atomic E-state index is 2.68. The summed E-state index contributed by atoms with van der Waals surface area (Å²) in [5.74, 6) is 3.91. The van der Waals surface area contributed by atoms with E-state index in [-0.39, 0.29) is 0 Å². The average Bonchev–Trinajstić information content (AvgIpc) is 2.04. The number of hydrogen-bond acceptors (Lipinski definition) is 0. The summed E-state index contributed by atoms with van der Waals surface area (Å²) in [7, 11) is 2.68. The Morgan fingerprint density at radius 3 is 2.67 bits per heavy atom. The van der Waals surface area contributed by atoms with E-state index in [0.717, 1.165) is 23.5 Å². The Balaban J connectivity index is 1.99. The Labute approximate surface area is 77.4 Å². The highest BCUT2D eigenvalue weighted by atomic mass is 14.3. The third-order valence-electron chi connectivity index (χ3n) is 3.91. The maximum atomic E-state index is 2.68. The monoisotopic (exact) mass is 163 g/mol. The SMILES string of the molecule is CC(C)C1CCC2[B]C1CCC2. The minimum Gasteiger partial charge on any atom is -0.0686 e. The average molecular weight is 163 g/mol. The molecule has 3 unspecified atom stereocenters. The van der Waals surface area contributed by atoms with E-state index >= 15 is 0 Å². The number of rotatable bonds is 1. The molecule has 1 heteroatoms. The molecule has 0 aromatic rings.